The van der Waals surface area contributed by atoms with Gasteiger partial charge in [0, 0.05) is 31.7 Å². The van der Waals surface area contributed by atoms with Crippen LogP contribution in [0.1, 0.15) is 20.3 Å². The highest BCUT2D eigenvalue weighted by atomic mass is 15.3. The van der Waals surface area contributed by atoms with E-state index in [0.29, 0.717) is 5.54 Å². The highest BCUT2D eigenvalue weighted by Crippen LogP contribution is 2.29. The molecule has 0 radical (unpaired) electrons. The third kappa shape index (κ3) is 1.09. The molecule has 0 aliphatic carbocycles. The number of nitrogens with one attached hydrogen (secondary N) is 1. The molecule has 0 atom stereocenters. The highest BCUT2D eigenvalue weighted by Gasteiger charge is 2.43. The Labute approximate surface area is 69.0 Å². The molecule has 2 fully saturated rings. The second-order valence-electron chi connectivity index (χ2n) is 4.28. The molecule has 0 unspecified atom stereocenters. The van der Waals surface area contributed by atoms with E-state index in [0.717, 1.165) is 5.92 Å². The zero-order chi connectivity index (χ0) is 7.90. The van der Waals surface area contributed by atoms with Crippen LogP contribution in [0.25, 0.3) is 0 Å². The monoisotopic (exact) mass is 154 g/mol. The fourth-order valence-corrected chi connectivity index (χ4v) is 1.98. The van der Waals surface area contributed by atoms with Crippen LogP contribution < -0.4 is 5.32 Å². The maximum absolute atomic E-state index is 3.34. The van der Waals surface area contributed by atoms with Gasteiger partial charge in [0.05, 0.1) is 0 Å². The predicted octanol–water partition coefficient (Wildman–Crippen LogP) is 0.690. The van der Waals surface area contributed by atoms with Crippen molar-refractivity contribution in [3.63, 3.8) is 0 Å². The van der Waals surface area contributed by atoms with Crippen molar-refractivity contribution in [2.75, 3.05) is 26.2 Å². The van der Waals surface area contributed by atoms with Gasteiger partial charge < -0.3 is 5.32 Å². The first-order valence-corrected chi connectivity index (χ1v) is 4.70. The first-order valence-electron chi connectivity index (χ1n) is 4.70. The maximum atomic E-state index is 3.34. The van der Waals surface area contributed by atoms with Crippen LogP contribution in [0.3, 0.4) is 0 Å². The molecule has 0 spiro atoms. The van der Waals surface area contributed by atoms with Crippen molar-refractivity contribution in [1.82, 2.24) is 10.2 Å². The third-order valence-corrected chi connectivity index (χ3v) is 3.31. The fourth-order valence-electron chi connectivity index (χ4n) is 1.98. The van der Waals surface area contributed by atoms with Crippen molar-refractivity contribution >= 4 is 0 Å². The molecule has 0 amide bonds. The fraction of sp³-hybridized carbons (Fsp3) is 1.00. The molecule has 2 nitrogen and oxygen atoms in total. The highest BCUT2D eigenvalue weighted by molar-refractivity contribution is 5.02. The van der Waals surface area contributed by atoms with E-state index in [2.05, 4.69) is 24.1 Å². The van der Waals surface area contributed by atoms with Crippen LogP contribution in [0.4, 0.5) is 0 Å². The van der Waals surface area contributed by atoms with Gasteiger partial charge in [0.15, 0.2) is 0 Å². The Morgan fingerprint density at radius 3 is 2.45 bits per heavy atom. The van der Waals surface area contributed by atoms with Crippen LogP contribution in [0.2, 0.25) is 0 Å². The number of hydrogen-bond acceptors (Lipinski definition) is 2. The molecule has 0 aromatic heterocycles. The Morgan fingerprint density at radius 1 is 1.45 bits per heavy atom. The van der Waals surface area contributed by atoms with Gasteiger partial charge in [-0.15, -0.1) is 0 Å². The zero-order valence-electron chi connectivity index (χ0n) is 7.56. The van der Waals surface area contributed by atoms with E-state index in [1.807, 2.05) is 0 Å². The summed E-state index contributed by atoms with van der Waals surface area (Å²) < 4.78 is 0. The molecule has 0 saturated carbocycles. The van der Waals surface area contributed by atoms with Gasteiger partial charge in [-0.2, -0.15) is 0 Å². The Kier molecular flexibility index (Phi) is 1.69. The van der Waals surface area contributed by atoms with Crippen molar-refractivity contribution in [2.24, 2.45) is 5.92 Å². The second-order valence-corrected chi connectivity index (χ2v) is 4.28. The predicted molar refractivity (Wildman–Crippen MR) is 46.6 cm³/mol. The van der Waals surface area contributed by atoms with Gasteiger partial charge in [-0.25, -0.2) is 0 Å². The first-order chi connectivity index (χ1) is 5.24. The van der Waals surface area contributed by atoms with E-state index in [1.54, 1.807) is 0 Å². The molecular formula is C9H18N2. The molecule has 2 heteroatoms. The lowest BCUT2D eigenvalue weighted by Gasteiger charge is -2.55. The number of hydrogen-bond donors (Lipinski definition) is 1. The van der Waals surface area contributed by atoms with Crippen LogP contribution in [0.15, 0.2) is 0 Å². The molecular weight excluding hydrogens is 136 g/mol. The first kappa shape index (κ1) is 7.56. The van der Waals surface area contributed by atoms with E-state index in [-0.39, 0.29) is 0 Å². The third-order valence-electron chi connectivity index (χ3n) is 3.31. The van der Waals surface area contributed by atoms with Crippen molar-refractivity contribution in [3.8, 4) is 0 Å². The standard InChI is InChI=1S/C9H18N2/c1-3-8-4-11(5-8)9(2)6-10-7-9/h8,10H,3-7H2,1-2H3. The SMILES string of the molecule is CCC1CN(C2(C)CNC2)C1. The van der Waals surface area contributed by atoms with Gasteiger partial charge in [-0.1, -0.05) is 13.3 Å². The van der Waals surface area contributed by atoms with Gasteiger partial charge in [0.1, 0.15) is 0 Å². The average molecular weight is 154 g/mol. The summed E-state index contributed by atoms with van der Waals surface area (Å²) in [6, 6.07) is 0. The molecule has 2 saturated heterocycles. The van der Waals surface area contributed by atoms with Crippen molar-refractivity contribution in [1.29, 1.82) is 0 Å². The molecule has 0 aromatic rings. The summed E-state index contributed by atoms with van der Waals surface area (Å²) in [5.74, 6) is 0.993. The summed E-state index contributed by atoms with van der Waals surface area (Å²) in [6.07, 6.45) is 1.36. The van der Waals surface area contributed by atoms with Crippen LogP contribution in [-0.4, -0.2) is 36.6 Å². The van der Waals surface area contributed by atoms with Crippen molar-refractivity contribution in [3.05, 3.63) is 0 Å². The molecule has 64 valence electrons. The number of likely N-dealkylation sites (tertiary alicyclic amines) is 1. The van der Waals surface area contributed by atoms with Gasteiger partial charge in [-0.05, 0) is 12.8 Å². The van der Waals surface area contributed by atoms with Gasteiger partial charge in [0.2, 0.25) is 0 Å². The summed E-state index contributed by atoms with van der Waals surface area (Å²) in [6.45, 7) is 9.75. The van der Waals surface area contributed by atoms with Crippen LogP contribution >= 0.6 is 0 Å². The topological polar surface area (TPSA) is 15.3 Å². The lowest BCUT2D eigenvalue weighted by molar-refractivity contribution is -0.0360. The van der Waals surface area contributed by atoms with E-state index in [4.69, 9.17) is 0 Å². The van der Waals surface area contributed by atoms with Crippen molar-refractivity contribution < 1.29 is 0 Å². The van der Waals surface area contributed by atoms with E-state index in [9.17, 15) is 0 Å². The van der Waals surface area contributed by atoms with Crippen LogP contribution in [-0.2, 0) is 0 Å². The zero-order valence-corrected chi connectivity index (χ0v) is 7.56. The number of rotatable bonds is 2. The summed E-state index contributed by atoms with van der Waals surface area (Å²) >= 11 is 0. The smallest absolute Gasteiger partial charge is 0.0430 e. The van der Waals surface area contributed by atoms with E-state index in [1.165, 1.54) is 32.6 Å². The van der Waals surface area contributed by atoms with Crippen molar-refractivity contribution in [2.45, 2.75) is 25.8 Å². The Bertz CT molecular complexity index is 146. The molecule has 2 heterocycles. The average Bonchev–Trinajstić information content (AvgIpc) is 1.82. The van der Waals surface area contributed by atoms with Gasteiger partial charge >= 0.3 is 0 Å². The lowest BCUT2D eigenvalue weighted by Crippen LogP contribution is -2.72. The molecule has 0 aromatic carbocycles. The second kappa shape index (κ2) is 2.46. The normalized spacial score (nSPS) is 31.1. The van der Waals surface area contributed by atoms with E-state index < -0.39 is 0 Å². The molecule has 1 N–H and O–H groups in total. The van der Waals surface area contributed by atoms with Crippen LogP contribution in [0.5, 0.6) is 0 Å². The summed E-state index contributed by atoms with van der Waals surface area (Å²) in [4.78, 5) is 2.62. The minimum absolute atomic E-state index is 0.520. The van der Waals surface area contributed by atoms with Gasteiger partial charge in [0.25, 0.3) is 0 Å². The number of nitrogens with zero attached hydrogens (tertiary/aromatic N) is 1. The molecule has 2 aliphatic heterocycles. The summed E-state index contributed by atoms with van der Waals surface area (Å²) in [5.41, 5.74) is 0.520. The molecule has 11 heavy (non-hydrogen) atoms. The Morgan fingerprint density at radius 2 is 2.09 bits per heavy atom. The maximum Gasteiger partial charge on any atom is 0.0430 e. The Hall–Kier alpha value is -0.0800. The van der Waals surface area contributed by atoms with E-state index >= 15 is 0 Å². The largest absolute Gasteiger partial charge is 0.313 e. The molecule has 0 bridgehead atoms. The molecule has 2 aliphatic rings. The minimum atomic E-state index is 0.520. The minimum Gasteiger partial charge on any atom is -0.313 e. The summed E-state index contributed by atoms with van der Waals surface area (Å²) in [5, 5.41) is 3.34. The summed E-state index contributed by atoms with van der Waals surface area (Å²) in [7, 11) is 0. The lowest BCUT2D eigenvalue weighted by atomic mass is 9.85. The quantitative estimate of drug-likeness (QED) is 0.629. The molecule has 2 rings (SSSR count). The Balaban J connectivity index is 1.81. The van der Waals surface area contributed by atoms with Crippen LogP contribution in [0, 0.1) is 5.92 Å². The van der Waals surface area contributed by atoms with Gasteiger partial charge in [-0.3, -0.25) is 4.90 Å².